The van der Waals surface area contributed by atoms with Crippen molar-refractivity contribution in [2.24, 2.45) is 0 Å². The van der Waals surface area contributed by atoms with Gasteiger partial charge in [-0.15, -0.1) is 12.8 Å². The van der Waals surface area contributed by atoms with E-state index in [9.17, 15) is 0 Å². The van der Waals surface area contributed by atoms with E-state index in [0.29, 0.717) is 0 Å². The van der Waals surface area contributed by atoms with Gasteiger partial charge in [-0.2, -0.15) is 0 Å². The lowest BCUT2D eigenvalue weighted by molar-refractivity contribution is 0.280. The molecule has 0 saturated carbocycles. The number of rotatable bonds is 0. The molecule has 2 N–H and O–H groups in total. The smallest absolute Gasteiger partial charge is 0.176 e. The molecule has 0 amide bonds. The fraction of sp³-hybridized carbons (Fsp3) is 0.250. The average Bonchev–Trinajstić information content (AvgIpc) is 1.99. The third kappa shape index (κ3) is 3.58. The van der Waals surface area contributed by atoms with Crippen molar-refractivity contribution >= 4 is 0 Å². The Morgan fingerprint density at radius 1 is 0.900 bits per heavy atom. The molecular weight excluding hydrogens is 128 g/mol. The van der Waals surface area contributed by atoms with Crippen molar-refractivity contribution in [3.8, 4) is 36.5 Å². The van der Waals surface area contributed by atoms with E-state index in [0.717, 1.165) is 0 Å². The molecule has 0 spiro atoms. The maximum Gasteiger partial charge on any atom is 0.176 e. The second-order valence-electron chi connectivity index (χ2n) is 1.43. The van der Waals surface area contributed by atoms with Crippen LogP contribution in [-0.2, 0) is 0 Å². The van der Waals surface area contributed by atoms with Crippen LogP contribution < -0.4 is 0 Å². The zero-order valence-corrected chi connectivity index (χ0v) is 5.20. The van der Waals surface area contributed by atoms with Gasteiger partial charge in [-0.1, -0.05) is 23.7 Å². The highest BCUT2D eigenvalue weighted by Crippen LogP contribution is 1.77. The van der Waals surface area contributed by atoms with Gasteiger partial charge in [0.15, 0.2) is 12.2 Å². The van der Waals surface area contributed by atoms with Gasteiger partial charge in [0.2, 0.25) is 0 Å². The molecule has 10 heavy (non-hydrogen) atoms. The fourth-order valence-corrected chi connectivity index (χ4v) is 0.241. The minimum absolute atomic E-state index is 1.15. The van der Waals surface area contributed by atoms with Gasteiger partial charge in [-0.3, -0.25) is 0 Å². The van der Waals surface area contributed by atoms with Crippen molar-refractivity contribution in [3.63, 3.8) is 0 Å². The van der Waals surface area contributed by atoms with Gasteiger partial charge in [-0.25, -0.2) is 0 Å². The summed E-state index contributed by atoms with van der Waals surface area (Å²) in [6.45, 7) is 0. The molecule has 0 aromatic heterocycles. The first-order valence-electron chi connectivity index (χ1n) is 2.50. The van der Waals surface area contributed by atoms with Crippen molar-refractivity contribution in [2.45, 2.75) is 12.2 Å². The van der Waals surface area contributed by atoms with Crippen molar-refractivity contribution in [2.75, 3.05) is 0 Å². The normalized spacial score (nSPS) is 13.2. The van der Waals surface area contributed by atoms with Gasteiger partial charge in [0.05, 0.1) is 0 Å². The molecule has 0 radical (unpaired) electrons. The molecular formula is C8H6O2. The molecule has 0 aromatic carbocycles. The number of hydrogen-bond donors (Lipinski definition) is 2. The van der Waals surface area contributed by atoms with Crippen molar-refractivity contribution in [1.29, 1.82) is 0 Å². The highest BCUT2D eigenvalue weighted by molar-refractivity contribution is 5.22. The van der Waals surface area contributed by atoms with Crippen molar-refractivity contribution < 1.29 is 10.2 Å². The molecule has 0 saturated heterocycles. The molecule has 0 unspecified atom stereocenters. The number of aliphatic hydroxyl groups is 2. The summed E-state index contributed by atoms with van der Waals surface area (Å²) >= 11 is 0. The number of hydrogen-bond acceptors (Lipinski definition) is 2. The van der Waals surface area contributed by atoms with Gasteiger partial charge in [-0.05, 0) is 0 Å². The van der Waals surface area contributed by atoms with Crippen LogP contribution in [0.4, 0.5) is 0 Å². The Labute approximate surface area is 59.9 Å². The zero-order chi connectivity index (χ0) is 7.98. The highest BCUT2D eigenvalue weighted by Gasteiger charge is 1.90. The molecule has 0 aliphatic heterocycles. The molecule has 0 aliphatic rings. The third-order valence-electron chi connectivity index (χ3n) is 0.673. The Balaban J connectivity index is 3.96. The molecule has 0 heterocycles. The average molecular weight is 134 g/mol. The summed E-state index contributed by atoms with van der Waals surface area (Å²) in [5.41, 5.74) is 0. The van der Waals surface area contributed by atoms with E-state index >= 15 is 0 Å². The third-order valence-corrected chi connectivity index (χ3v) is 0.673. The standard InChI is InChI=1S/C8H6O2/c1-3-7(9)5-6-8(10)4-2/h1-2,7-10H/t7-,8-/m1/s1. The van der Waals surface area contributed by atoms with E-state index in [1.54, 1.807) is 0 Å². The predicted octanol–water partition coefficient (Wildman–Crippen LogP) is -1.02. The highest BCUT2D eigenvalue weighted by atomic mass is 16.3. The number of aliphatic hydroxyl groups excluding tert-OH is 2. The molecule has 50 valence electrons. The van der Waals surface area contributed by atoms with E-state index in [4.69, 9.17) is 23.1 Å². The second kappa shape index (κ2) is 4.48. The van der Waals surface area contributed by atoms with E-state index in [1.165, 1.54) is 0 Å². The summed E-state index contributed by atoms with van der Waals surface area (Å²) in [6.07, 6.45) is 7.23. The second-order valence-corrected chi connectivity index (χ2v) is 1.43. The van der Waals surface area contributed by atoms with Crippen molar-refractivity contribution in [3.05, 3.63) is 0 Å². The fourth-order valence-electron chi connectivity index (χ4n) is 0.241. The lowest BCUT2D eigenvalue weighted by atomic mass is 10.3. The summed E-state index contributed by atoms with van der Waals surface area (Å²) in [7, 11) is 0. The van der Waals surface area contributed by atoms with Crippen LogP contribution in [0.1, 0.15) is 0 Å². The first kappa shape index (κ1) is 8.60. The maximum absolute atomic E-state index is 8.61. The van der Waals surface area contributed by atoms with Crippen LogP contribution in [0.5, 0.6) is 0 Å². The summed E-state index contributed by atoms with van der Waals surface area (Å²) in [5.74, 6) is 8.21. The van der Waals surface area contributed by atoms with Crippen molar-refractivity contribution in [1.82, 2.24) is 0 Å². The SMILES string of the molecule is C#C[C@@H](O)C#C[C@H](O)C#C. The van der Waals surface area contributed by atoms with Crippen LogP contribution in [0.3, 0.4) is 0 Å². The van der Waals surface area contributed by atoms with Crippen LogP contribution in [0.2, 0.25) is 0 Å². The first-order valence-corrected chi connectivity index (χ1v) is 2.50. The van der Waals surface area contributed by atoms with Crippen LogP contribution in [0.15, 0.2) is 0 Å². The number of terminal acetylenes is 2. The van der Waals surface area contributed by atoms with Gasteiger partial charge >= 0.3 is 0 Å². The van der Waals surface area contributed by atoms with Gasteiger partial charge in [0.25, 0.3) is 0 Å². The molecule has 2 heteroatoms. The largest absolute Gasteiger partial charge is 0.369 e. The van der Waals surface area contributed by atoms with Crippen LogP contribution >= 0.6 is 0 Å². The Bertz CT molecular complexity index is 207. The zero-order valence-electron chi connectivity index (χ0n) is 5.20. The predicted molar refractivity (Wildman–Crippen MR) is 37.5 cm³/mol. The lowest BCUT2D eigenvalue weighted by Crippen LogP contribution is -2.02. The molecule has 2 nitrogen and oxygen atoms in total. The lowest BCUT2D eigenvalue weighted by Gasteiger charge is -1.89. The Kier molecular flexibility index (Phi) is 3.85. The van der Waals surface area contributed by atoms with E-state index < -0.39 is 12.2 Å². The van der Waals surface area contributed by atoms with Crippen LogP contribution in [0, 0.1) is 36.5 Å². The van der Waals surface area contributed by atoms with E-state index in [2.05, 4.69) is 11.8 Å². The Hall–Kier alpha value is -1.40. The van der Waals surface area contributed by atoms with Gasteiger partial charge in [0.1, 0.15) is 0 Å². The molecule has 2 atom stereocenters. The quantitative estimate of drug-likeness (QED) is 0.416. The molecule has 0 rings (SSSR count). The maximum atomic E-state index is 8.61. The van der Waals surface area contributed by atoms with Crippen LogP contribution in [0.25, 0.3) is 0 Å². The van der Waals surface area contributed by atoms with Gasteiger partial charge in [0, 0.05) is 0 Å². The Morgan fingerprint density at radius 3 is 1.40 bits per heavy atom. The molecule has 0 aliphatic carbocycles. The summed E-state index contributed by atoms with van der Waals surface area (Å²) in [5, 5.41) is 17.2. The first-order chi connectivity index (χ1) is 4.70. The summed E-state index contributed by atoms with van der Waals surface area (Å²) in [6, 6.07) is 0. The Morgan fingerprint density at radius 2 is 1.20 bits per heavy atom. The molecule has 0 aromatic rings. The van der Waals surface area contributed by atoms with Gasteiger partial charge < -0.3 is 10.2 Å². The molecule has 0 bridgehead atoms. The molecule has 0 fully saturated rings. The monoisotopic (exact) mass is 134 g/mol. The van der Waals surface area contributed by atoms with E-state index in [-0.39, 0.29) is 0 Å². The summed E-state index contributed by atoms with van der Waals surface area (Å²) < 4.78 is 0. The minimum atomic E-state index is -1.15. The topological polar surface area (TPSA) is 40.5 Å². The minimum Gasteiger partial charge on any atom is -0.369 e. The summed E-state index contributed by atoms with van der Waals surface area (Å²) in [4.78, 5) is 0. The van der Waals surface area contributed by atoms with E-state index in [1.807, 2.05) is 11.8 Å². The van der Waals surface area contributed by atoms with Crippen LogP contribution in [-0.4, -0.2) is 22.4 Å².